The van der Waals surface area contributed by atoms with E-state index >= 15 is 0 Å². The molecule has 1 nitrogen and oxygen atoms in total. The van der Waals surface area contributed by atoms with E-state index in [1.807, 2.05) is 0 Å². The lowest BCUT2D eigenvalue weighted by molar-refractivity contribution is 0.613. The molecule has 1 saturated carbocycles. The number of hydrogen-bond acceptors (Lipinski definition) is 2. The molecule has 1 rings (SSSR count). The smallest absolute Gasteiger partial charge is 0.133 e. The monoisotopic (exact) mass is 141 g/mol. The number of rotatable bonds is 1. The van der Waals surface area contributed by atoms with Gasteiger partial charge in [0.1, 0.15) is 5.40 Å². The van der Waals surface area contributed by atoms with E-state index in [4.69, 9.17) is 5.26 Å². The predicted molar refractivity (Wildman–Crippen MR) is 40.0 cm³/mol. The zero-order valence-corrected chi connectivity index (χ0v) is 6.45. The molecule has 0 bridgehead atoms. The molecule has 0 heterocycles. The van der Waals surface area contributed by atoms with Gasteiger partial charge in [-0.05, 0) is 36.9 Å². The van der Waals surface area contributed by atoms with Crippen LogP contribution >= 0.6 is 11.8 Å². The van der Waals surface area contributed by atoms with Gasteiger partial charge in [-0.3, -0.25) is 0 Å². The van der Waals surface area contributed by atoms with Gasteiger partial charge >= 0.3 is 0 Å². The van der Waals surface area contributed by atoms with Gasteiger partial charge < -0.3 is 0 Å². The summed E-state index contributed by atoms with van der Waals surface area (Å²) in [5.74, 6) is 0.857. The Kier molecular flexibility index (Phi) is 2.41. The Hall–Kier alpha value is -0.160. The largest absolute Gasteiger partial charge is 0.185 e. The van der Waals surface area contributed by atoms with Crippen molar-refractivity contribution in [1.29, 1.82) is 5.26 Å². The SMILES string of the molecule is CC1CCC(SC#N)C1. The van der Waals surface area contributed by atoms with Gasteiger partial charge in [0.2, 0.25) is 0 Å². The second-order valence-electron chi connectivity index (χ2n) is 2.75. The molecular formula is C7H11NS. The summed E-state index contributed by atoms with van der Waals surface area (Å²) in [6.45, 7) is 2.26. The maximum absolute atomic E-state index is 8.33. The van der Waals surface area contributed by atoms with Crippen LogP contribution in [0, 0.1) is 16.6 Å². The van der Waals surface area contributed by atoms with Crippen LogP contribution in [0.5, 0.6) is 0 Å². The summed E-state index contributed by atoms with van der Waals surface area (Å²) in [5.41, 5.74) is 0. The summed E-state index contributed by atoms with van der Waals surface area (Å²) in [4.78, 5) is 0. The van der Waals surface area contributed by atoms with Gasteiger partial charge in [0.25, 0.3) is 0 Å². The third-order valence-electron chi connectivity index (χ3n) is 1.87. The van der Waals surface area contributed by atoms with Gasteiger partial charge in [-0.1, -0.05) is 6.92 Å². The van der Waals surface area contributed by atoms with Gasteiger partial charge in [0, 0.05) is 5.25 Å². The first kappa shape index (κ1) is 6.95. The van der Waals surface area contributed by atoms with Crippen molar-refractivity contribution < 1.29 is 0 Å². The average molecular weight is 141 g/mol. The number of thiocyanates is 1. The summed E-state index contributed by atoms with van der Waals surface area (Å²) >= 11 is 1.45. The minimum absolute atomic E-state index is 0.644. The molecule has 0 radical (unpaired) electrons. The third-order valence-corrected chi connectivity index (χ3v) is 2.73. The maximum atomic E-state index is 8.33. The molecule has 1 fully saturated rings. The molecule has 0 spiro atoms. The van der Waals surface area contributed by atoms with Crippen LogP contribution in [0.15, 0.2) is 0 Å². The Morgan fingerprint density at radius 1 is 1.56 bits per heavy atom. The summed E-state index contributed by atoms with van der Waals surface area (Å²) < 4.78 is 0. The highest BCUT2D eigenvalue weighted by molar-refractivity contribution is 8.04. The predicted octanol–water partition coefficient (Wildman–Crippen LogP) is 2.39. The Balaban J connectivity index is 2.24. The summed E-state index contributed by atoms with van der Waals surface area (Å²) in [6.07, 6.45) is 3.82. The molecule has 0 aliphatic heterocycles. The second-order valence-corrected chi connectivity index (χ2v) is 3.83. The zero-order valence-electron chi connectivity index (χ0n) is 5.63. The Morgan fingerprint density at radius 2 is 2.33 bits per heavy atom. The molecule has 9 heavy (non-hydrogen) atoms. The lowest BCUT2D eigenvalue weighted by Crippen LogP contribution is -1.92. The molecule has 50 valence electrons. The lowest BCUT2D eigenvalue weighted by atomic mass is 10.1. The van der Waals surface area contributed by atoms with E-state index < -0.39 is 0 Å². The van der Waals surface area contributed by atoms with E-state index in [1.54, 1.807) is 0 Å². The van der Waals surface area contributed by atoms with Crippen LogP contribution in [-0.4, -0.2) is 5.25 Å². The fraction of sp³-hybridized carbons (Fsp3) is 0.857. The lowest BCUT2D eigenvalue weighted by Gasteiger charge is -1.99. The fourth-order valence-corrected chi connectivity index (χ4v) is 2.16. The topological polar surface area (TPSA) is 23.8 Å². The second kappa shape index (κ2) is 3.12. The van der Waals surface area contributed by atoms with Crippen LogP contribution in [0.1, 0.15) is 26.2 Å². The van der Waals surface area contributed by atoms with Gasteiger partial charge in [-0.25, -0.2) is 0 Å². The molecule has 0 N–H and O–H groups in total. The summed E-state index contributed by atoms with van der Waals surface area (Å²) in [7, 11) is 0. The van der Waals surface area contributed by atoms with Crippen molar-refractivity contribution >= 4 is 11.8 Å². The Bertz CT molecular complexity index is 127. The van der Waals surface area contributed by atoms with Crippen LogP contribution in [0.4, 0.5) is 0 Å². The van der Waals surface area contributed by atoms with E-state index in [0.717, 1.165) is 5.92 Å². The van der Waals surface area contributed by atoms with Gasteiger partial charge in [0.05, 0.1) is 0 Å². The van der Waals surface area contributed by atoms with Crippen molar-refractivity contribution in [2.24, 2.45) is 5.92 Å². The minimum atomic E-state index is 0.644. The minimum Gasteiger partial charge on any atom is -0.185 e. The molecule has 0 aromatic heterocycles. The summed E-state index contributed by atoms with van der Waals surface area (Å²) in [6, 6.07) is 0. The van der Waals surface area contributed by atoms with Crippen LogP contribution < -0.4 is 0 Å². The van der Waals surface area contributed by atoms with Gasteiger partial charge in [-0.15, -0.1) is 0 Å². The molecule has 0 aromatic carbocycles. The first-order chi connectivity index (χ1) is 4.33. The first-order valence-corrected chi connectivity index (χ1v) is 4.25. The zero-order chi connectivity index (χ0) is 6.69. The van der Waals surface area contributed by atoms with Crippen molar-refractivity contribution in [1.82, 2.24) is 0 Å². The van der Waals surface area contributed by atoms with Crippen molar-refractivity contribution in [3.05, 3.63) is 0 Å². The number of nitriles is 1. The maximum Gasteiger partial charge on any atom is 0.133 e. The highest BCUT2D eigenvalue weighted by Gasteiger charge is 2.21. The molecule has 1 aliphatic carbocycles. The molecular weight excluding hydrogens is 130 g/mol. The normalized spacial score (nSPS) is 34.2. The van der Waals surface area contributed by atoms with E-state index in [9.17, 15) is 0 Å². The van der Waals surface area contributed by atoms with Gasteiger partial charge in [0.15, 0.2) is 0 Å². The van der Waals surface area contributed by atoms with Crippen LogP contribution in [0.25, 0.3) is 0 Å². The van der Waals surface area contributed by atoms with E-state index in [1.165, 1.54) is 31.0 Å². The molecule has 0 aromatic rings. The van der Waals surface area contributed by atoms with Crippen molar-refractivity contribution in [2.75, 3.05) is 0 Å². The highest BCUT2D eigenvalue weighted by Crippen LogP contribution is 2.32. The Morgan fingerprint density at radius 3 is 2.78 bits per heavy atom. The quantitative estimate of drug-likeness (QED) is 0.523. The van der Waals surface area contributed by atoms with Gasteiger partial charge in [-0.2, -0.15) is 5.26 Å². The standard InChI is InChI=1S/C7H11NS/c1-6-2-3-7(4-6)9-5-8/h6-7H,2-4H2,1H3. The number of hydrogen-bond donors (Lipinski definition) is 0. The van der Waals surface area contributed by atoms with Crippen LogP contribution in [0.3, 0.4) is 0 Å². The fourth-order valence-electron chi connectivity index (χ4n) is 1.34. The Labute approximate surface area is 60.4 Å². The van der Waals surface area contributed by atoms with Crippen molar-refractivity contribution in [2.45, 2.75) is 31.4 Å². The molecule has 0 saturated heterocycles. The molecule has 2 heteroatoms. The van der Waals surface area contributed by atoms with E-state index in [0.29, 0.717) is 5.25 Å². The molecule has 2 unspecified atom stereocenters. The van der Waals surface area contributed by atoms with Crippen LogP contribution in [0.2, 0.25) is 0 Å². The molecule has 2 atom stereocenters. The van der Waals surface area contributed by atoms with Crippen molar-refractivity contribution in [3.8, 4) is 5.40 Å². The summed E-state index contributed by atoms with van der Waals surface area (Å²) in [5, 5.41) is 11.1. The van der Waals surface area contributed by atoms with E-state index in [2.05, 4.69) is 12.3 Å². The number of nitrogens with zero attached hydrogens (tertiary/aromatic N) is 1. The first-order valence-electron chi connectivity index (χ1n) is 3.37. The average Bonchev–Trinajstić information content (AvgIpc) is 2.17. The van der Waals surface area contributed by atoms with Crippen molar-refractivity contribution in [3.63, 3.8) is 0 Å². The highest BCUT2D eigenvalue weighted by atomic mass is 32.2. The number of thioether (sulfide) groups is 1. The molecule has 0 amide bonds. The van der Waals surface area contributed by atoms with Crippen LogP contribution in [-0.2, 0) is 0 Å². The third kappa shape index (κ3) is 1.91. The molecule has 1 aliphatic rings. The van der Waals surface area contributed by atoms with E-state index in [-0.39, 0.29) is 0 Å².